The molecule has 68 valence electrons. The minimum absolute atomic E-state index is 0.228. The lowest BCUT2D eigenvalue weighted by molar-refractivity contribution is 0.461. The highest BCUT2D eigenvalue weighted by Gasteiger charge is 2.00. The maximum Gasteiger partial charge on any atom is 0.235 e. The van der Waals surface area contributed by atoms with E-state index in [1.807, 2.05) is 12.3 Å². The second kappa shape index (κ2) is 4.70. The van der Waals surface area contributed by atoms with Gasteiger partial charge < -0.3 is 5.11 Å². The second-order valence-electron chi connectivity index (χ2n) is 2.41. The number of thioether (sulfide) groups is 1. The summed E-state index contributed by atoms with van der Waals surface area (Å²) in [5.41, 5.74) is 0.804. The predicted molar refractivity (Wildman–Crippen MR) is 51.7 cm³/mol. The minimum atomic E-state index is 0.228. The smallest absolute Gasteiger partial charge is 0.235 e. The zero-order valence-corrected chi connectivity index (χ0v) is 7.97. The van der Waals surface area contributed by atoms with Crippen molar-refractivity contribution in [3.8, 4) is 5.75 Å². The van der Waals surface area contributed by atoms with Gasteiger partial charge in [0.05, 0.1) is 6.54 Å². The van der Waals surface area contributed by atoms with Crippen LogP contribution in [0.2, 0.25) is 0 Å². The van der Waals surface area contributed by atoms with Crippen LogP contribution in [-0.4, -0.2) is 17.4 Å². The van der Waals surface area contributed by atoms with Crippen LogP contribution in [-0.2, 0) is 11.3 Å². The molecule has 0 saturated carbocycles. The Morgan fingerprint density at radius 3 is 2.92 bits per heavy atom. The summed E-state index contributed by atoms with van der Waals surface area (Å²) in [5, 5.41) is 9.43. The summed E-state index contributed by atoms with van der Waals surface area (Å²) in [6.45, 7) is 0.270. The van der Waals surface area contributed by atoms with Crippen molar-refractivity contribution in [2.75, 3.05) is 6.26 Å². The molecule has 3 nitrogen and oxygen atoms in total. The van der Waals surface area contributed by atoms with Crippen LogP contribution < -0.4 is 0 Å². The molecule has 0 bridgehead atoms. The normalized spacial score (nSPS) is 9.31. The molecular weight excluding hydrogens is 186 g/mol. The first-order chi connectivity index (χ1) is 6.27. The highest BCUT2D eigenvalue weighted by atomic mass is 32.2. The van der Waals surface area contributed by atoms with E-state index in [0.29, 0.717) is 0 Å². The summed E-state index contributed by atoms with van der Waals surface area (Å²) >= 11 is 1.47. The summed E-state index contributed by atoms with van der Waals surface area (Å²) in [5.74, 6) is 0.228. The molecule has 1 rings (SSSR count). The molecule has 0 aliphatic heterocycles. The van der Waals surface area contributed by atoms with Crippen LogP contribution in [0.4, 0.5) is 0 Å². The first kappa shape index (κ1) is 9.84. The molecule has 0 atom stereocenters. The van der Waals surface area contributed by atoms with Crippen molar-refractivity contribution < 1.29 is 9.90 Å². The number of aliphatic imine (C=N–C) groups is 1. The number of nitrogens with zero attached hydrogens (tertiary/aromatic N) is 1. The van der Waals surface area contributed by atoms with Gasteiger partial charge in [-0.3, -0.25) is 0 Å². The van der Waals surface area contributed by atoms with Gasteiger partial charge in [0.2, 0.25) is 6.08 Å². The Balaban J connectivity index is 2.88. The Kier molecular flexibility index (Phi) is 3.55. The number of isocyanates is 1. The van der Waals surface area contributed by atoms with E-state index < -0.39 is 0 Å². The van der Waals surface area contributed by atoms with Gasteiger partial charge in [-0.25, -0.2) is 9.79 Å². The SMILES string of the molecule is CSc1ccc(CN=C=O)cc1O. The van der Waals surface area contributed by atoms with Gasteiger partial charge in [0.15, 0.2) is 0 Å². The third-order valence-corrected chi connectivity index (χ3v) is 2.35. The Morgan fingerprint density at radius 1 is 1.62 bits per heavy atom. The van der Waals surface area contributed by atoms with Gasteiger partial charge in [-0.05, 0) is 24.0 Å². The maximum atomic E-state index is 9.83. The molecule has 0 unspecified atom stereocenters. The highest BCUT2D eigenvalue weighted by molar-refractivity contribution is 7.98. The molecule has 0 aliphatic rings. The first-order valence-corrected chi connectivity index (χ1v) is 4.90. The topological polar surface area (TPSA) is 49.7 Å². The van der Waals surface area contributed by atoms with Gasteiger partial charge >= 0.3 is 0 Å². The van der Waals surface area contributed by atoms with Crippen LogP contribution >= 0.6 is 11.8 Å². The predicted octanol–water partition coefficient (Wildman–Crippen LogP) is 1.95. The lowest BCUT2D eigenvalue weighted by atomic mass is 10.2. The molecule has 0 aromatic heterocycles. The monoisotopic (exact) mass is 195 g/mol. The molecule has 0 aliphatic carbocycles. The van der Waals surface area contributed by atoms with Crippen molar-refractivity contribution in [1.29, 1.82) is 0 Å². The van der Waals surface area contributed by atoms with E-state index in [1.54, 1.807) is 12.1 Å². The fourth-order valence-electron chi connectivity index (χ4n) is 0.957. The number of hydrogen-bond acceptors (Lipinski definition) is 4. The van der Waals surface area contributed by atoms with Crippen LogP contribution in [0.1, 0.15) is 5.56 Å². The molecule has 1 aromatic carbocycles. The van der Waals surface area contributed by atoms with Crippen molar-refractivity contribution in [3.05, 3.63) is 23.8 Å². The molecule has 0 amide bonds. The third kappa shape index (κ3) is 2.61. The van der Waals surface area contributed by atoms with Gasteiger partial charge in [0.25, 0.3) is 0 Å². The Morgan fingerprint density at radius 2 is 2.38 bits per heavy atom. The lowest BCUT2D eigenvalue weighted by Crippen LogP contribution is -1.81. The number of phenolic OH excluding ortho intramolecular Hbond substituents is 1. The summed E-state index contributed by atoms with van der Waals surface area (Å²) in [7, 11) is 0. The molecular formula is C9H9NO2S. The second-order valence-corrected chi connectivity index (χ2v) is 3.26. The van der Waals surface area contributed by atoms with Crippen molar-refractivity contribution in [1.82, 2.24) is 0 Å². The number of rotatable bonds is 3. The minimum Gasteiger partial charge on any atom is -0.507 e. The third-order valence-electron chi connectivity index (χ3n) is 1.57. The number of carbonyl (C=O) groups excluding carboxylic acids is 1. The number of benzene rings is 1. The van der Waals surface area contributed by atoms with E-state index in [9.17, 15) is 9.90 Å². The van der Waals surface area contributed by atoms with Gasteiger partial charge in [-0.15, -0.1) is 11.8 Å². The van der Waals surface area contributed by atoms with Gasteiger partial charge in [-0.1, -0.05) is 6.07 Å². The van der Waals surface area contributed by atoms with Crippen LogP contribution in [0.25, 0.3) is 0 Å². The Bertz CT molecular complexity index is 345. The van der Waals surface area contributed by atoms with E-state index >= 15 is 0 Å². The molecule has 1 aromatic rings. The van der Waals surface area contributed by atoms with E-state index in [-0.39, 0.29) is 12.3 Å². The summed E-state index contributed by atoms with van der Waals surface area (Å²) in [4.78, 5) is 14.1. The molecule has 0 spiro atoms. The standard InChI is InChI=1S/C9H9NO2S/c1-13-9-3-2-7(4-8(9)12)5-10-6-11/h2-4,12H,5H2,1H3. The Labute approximate surface area is 80.5 Å². The largest absolute Gasteiger partial charge is 0.507 e. The van der Waals surface area contributed by atoms with Gasteiger partial charge in [-0.2, -0.15) is 0 Å². The molecule has 0 radical (unpaired) electrons. The summed E-state index contributed by atoms with van der Waals surface area (Å²) in [6.07, 6.45) is 3.34. The zero-order chi connectivity index (χ0) is 9.68. The summed E-state index contributed by atoms with van der Waals surface area (Å²) < 4.78 is 0. The first-order valence-electron chi connectivity index (χ1n) is 3.67. The Hall–Kier alpha value is -1.25. The fraction of sp³-hybridized carbons (Fsp3) is 0.222. The van der Waals surface area contributed by atoms with Crippen molar-refractivity contribution in [2.45, 2.75) is 11.4 Å². The van der Waals surface area contributed by atoms with Gasteiger partial charge in [0, 0.05) is 4.90 Å². The van der Waals surface area contributed by atoms with Crippen LogP contribution in [0, 0.1) is 0 Å². The summed E-state index contributed by atoms with van der Waals surface area (Å²) in [6, 6.07) is 5.23. The zero-order valence-electron chi connectivity index (χ0n) is 7.15. The van der Waals surface area contributed by atoms with Crippen LogP contribution in [0.3, 0.4) is 0 Å². The maximum absolute atomic E-state index is 9.83. The van der Waals surface area contributed by atoms with Crippen LogP contribution in [0.15, 0.2) is 28.1 Å². The number of hydrogen-bond donors (Lipinski definition) is 1. The van der Waals surface area contributed by atoms with E-state index in [4.69, 9.17) is 0 Å². The van der Waals surface area contributed by atoms with Crippen molar-refractivity contribution in [2.24, 2.45) is 4.99 Å². The molecule has 0 fully saturated rings. The van der Waals surface area contributed by atoms with Crippen molar-refractivity contribution in [3.63, 3.8) is 0 Å². The fourth-order valence-corrected chi connectivity index (χ4v) is 1.43. The number of phenols is 1. The van der Waals surface area contributed by atoms with E-state index in [2.05, 4.69) is 4.99 Å². The molecule has 0 saturated heterocycles. The quantitative estimate of drug-likeness (QED) is 0.455. The van der Waals surface area contributed by atoms with Gasteiger partial charge in [0.1, 0.15) is 5.75 Å². The molecule has 4 heteroatoms. The average molecular weight is 195 g/mol. The molecule has 13 heavy (non-hydrogen) atoms. The average Bonchev–Trinajstić information content (AvgIpc) is 2.15. The molecule has 1 N–H and O–H groups in total. The van der Waals surface area contributed by atoms with Crippen molar-refractivity contribution >= 4 is 17.8 Å². The lowest BCUT2D eigenvalue weighted by Gasteiger charge is -2.01. The number of aromatic hydroxyl groups is 1. The highest BCUT2D eigenvalue weighted by Crippen LogP contribution is 2.27. The van der Waals surface area contributed by atoms with E-state index in [1.165, 1.54) is 17.8 Å². The molecule has 0 heterocycles. The van der Waals surface area contributed by atoms with E-state index in [0.717, 1.165) is 10.5 Å². The van der Waals surface area contributed by atoms with Crippen LogP contribution in [0.5, 0.6) is 5.75 Å².